The minimum Gasteiger partial charge on any atom is -0.481 e. The zero-order valence-corrected chi connectivity index (χ0v) is 17.4. The van der Waals surface area contributed by atoms with Crippen molar-refractivity contribution in [2.75, 3.05) is 11.5 Å². The van der Waals surface area contributed by atoms with Crippen molar-refractivity contribution in [3.8, 4) is 0 Å². The Morgan fingerprint density at radius 1 is 1.04 bits per heavy atom. The minimum absolute atomic E-state index is 0.277. The van der Waals surface area contributed by atoms with Crippen molar-refractivity contribution in [1.82, 2.24) is 0 Å². The number of hydrogen-bond acceptors (Lipinski definition) is 3. The van der Waals surface area contributed by atoms with E-state index in [-0.39, 0.29) is 6.42 Å². The van der Waals surface area contributed by atoms with Crippen LogP contribution in [0, 0.1) is 11.8 Å². The van der Waals surface area contributed by atoms with E-state index in [0.717, 1.165) is 25.2 Å². The van der Waals surface area contributed by atoms with Gasteiger partial charge in [0.05, 0.1) is 12.2 Å². The molecule has 4 heteroatoms. The second kappa shape index (κ2) is 12.8. The highest BCUT2D eigenvalue weighted by Crippen LogP contribution is 2.46. The number of aliphatic carboxylic acids is 1. The number of rotatable bonds is 15. The lowest BCUT2D eigenvalue weighted by atomic mass is 9.78. The molecule has 0 aromatic carbocycles. The number of allylic oxidation sites excluding steroid dienone is 2. The molecule has 0 aromatic heterocycles. The molecule has 2 rings (SSSR count). The first kappa shape index (κ1) is 21.8. The molecule has 2 saturated heterocycles. The Kier molecular flexibility index (Phi) is 10.8. The van der Waals surface area contributed by atoms with Crippen LogP contribution in [0.1, 0.15) is 84.0 Å². The molecular weight excluding hydrogens is 344 g/mol. The van der Waals surface area contributed by atoms with Crippen molar-refractivity contribution in [2.45, 2.75) is 96.2 Å². The summed E-state index contributed by atoms with van der Waals surface area (Å²) in [6.45, 7) is 2.27. The summed E-state index contributed by atoms with van der Waals surface area (Å²) >= 11 is 2.14. The first-order valence-electron chi connectivity index (χ1n) is 10.8. The van der Waals surface area contributed by atoms with Crippen LogP contribution in [0.5, 0.6) is 0 Å². The van der Waals surface area contributed by atoms with E-state index in [1.54, 1.807) is 0 Å². The average Bonchev–Trinajstić information content (AvgIpc) is 3.22. The summed E-state index contributed by atoms with van der Waals surface area (Å²) in [7, 11) is 0. The molecule has 4 atom stereocenters. The Balaban J connectivity index is 1.60. The van der Waals surface area contributed by atoms with Crippen LogP contribution in [0.25, 0.3) is 0 Å². The van der Waals surface area contributed by atoms with Crippen LogP contribution >= 0.6 is 11.8 Å². The minimum atomic E-state index is -0.692. The molecule has 0 aliphatic carbocycles. The zero-order valence-electron chi connectivity index (χ0n) is 16.5. The molecule has 0 unspecified atom stereocenters. The van der Waals surface area contributed by atoms with Gasteiger partial charge >= 0.3 is 5.97 Å². The first-order chi connectivity index (χ1) is 12.7. The van der Waals surface area contributed by atoms with Gasteiger partial charge in [-0.2, -0.15) is 11.8 Å². The highest BCUT2D eigenvalue weighted by Gasteiger charge is 2.47. The lowest BCUT2D eigenvalue weighted by molar-refractivity contribution is -0.137. The molecule has 2 bridgehead atoms. The van der Waals surface area contributed by atoms with Crippen molar-refractivity contribution < 1.29 is 14.6 Å². The number of ether oxygens (including phenoxy) is 1. The van der Waals surface area contributed by atoms with E-state index in [4.69, 9.17) is 9.84 Å². The summed E-state index contributed by atoms with van der Waals surface area (Å²) in [5.41, 5.74) is 0. The van der Waals surface area contributed by atoms with Gasteiger partial charge in [-0.1, -0.05) is 51.2 Å². The Hall–Kier alpha value is -0.480. The summed E-state index contributed by atoms with van der Waals surface area (Å²) in [6, 6.07) is 0. The number of unbranched alkanes of at least 4 members (excludes halogenated alkanes) is 6. The monoisotopic (exact) mass is 382 g/mol. The largest absolute Gasteiger partial charge is 0.481 e. The molecule has 0 amide bonds. The molecule has 1 N–H and O–H groups in total. The van der Waals surface area contributed by atoms with Gasteiger partial charge < -0.3 is 9.84 Å². The number of carbonyl (C=O) groups is 1. The van der Waals surface area contributed by atoms with Gasteiger partial charge in [0.15, 0.2) is 0 Å². The Morgan fingerprint density at radius 2 is 1.77 bits per heavy atom. The maximum atomic E-state index is 10.5. The molecule has 2 heterocycles. The van der Waals surface area contributed by atoms with Crippen molar-refractivity contribution in [3.05, 3.63) is 12.2 Å². The van der Waals surface area contributed by atoms with Crippen molar-refractivity contribution in [1.29, 1.82) is 0 Å². The number of fused-ring (bicyclic) bond motifs is 2. The number of thioether (sulfide) groups is 1. The van der Waals surface area contributed by atoms with Gasteiger partial charge in [-0.05, 0) is 61.9 Å². The molecule has 0 radical (unpaired) electrons. The fourth-order valence-electron chi connectivity index (χ4n) is 4.37. The van der Waals surface area contributed by atoms with E-state index in [1.165, 1.54) is 62.9 Å². The Labute approximate surface area is 164 Å². The highest BCUT2D eigenvalue weighted by molar-refractivity contribution is 7.99. The summed E-state index contributed by atoms with van der Waals surface area (Å²) < 4.78 is 6.20. The fraction of sp³-hybridized carbons (Fsp3) is 0.864. The predicted molar refractivity (Wildman–Crippen MR) is 111 cm³/mol. The van der Waals surface area contributed by atoms with Crippen LogP contribution in [0.2, 0.25) is 0 Å². The third kappa shape index (κ3) is 7.64. The number of hydrogen-bond donors (Lipinski definition) is 1. The van der Waals surface area contributed by atoms with Crippen LogP contribution < -0.4 is 0 Å². The molecule has 0 aromatic rings. The molecule has 150 valence electrons. The van der Waals surface area contributed by atoms with Gasteiger partial charge in [0.1, 0.15) is 0 Å². The fourth-order valence-corrected chi connectivity index (χ4v) is 5.68. The van der Waals surface area contributed by atoms with Crippen LogP contribution in [-0.4, -0.2) is 34.8 Å². The standard InChI is InChI=1S/C22H38O3S/c1-2-3-4-5-8-11-16-26-17-19-18(20-14-15-21(19)25-20)12-9-6-7-10-13-22(23)24/h6,9,18-21H,2-5,7-8,10-17H2,1H3,(H,23,24)/t18-,19+,20-,21+/m1/s1. The third-order valence-electron chi connectivity index (χ3n) is 5.88. The van der Waals surface area contributed by atoms with Crippen molar-refractivity contribution >= 4 is 17.7 Å². The van der Waals surface area contributed by atoms with Gasteiger partial charge in [0, 0.05) is 6.42 Å². The maximum Gasteiger partial charge on any atom is 0.303 e. The average molecular weight is 383 g/mol. The van der Waals surface area contributed by atoms with Crippen LogP contribution in [0.3, 0.4) is 0 Å². The highest BCUT2D eigenvalue weighted by atomic mass is 32.2. The zero-order chi connectivity index (χ0) is 18.6. The van der Waals surface area contributed by atoms with E-state index in [0.29, 0.717) is 18.1 Å². The van der Waals surface area contributed by atoms with Gasteiger partial charge in [-0.25, -0.2) is 0 Å². The van der Waals surface area contributed by atoms with Crippen molar-refractivity contribution in [2.24, 2.45) is 11.8 Å². The van der Waals surface area contributed by atoms with Crippen molar-refractivity contribution in [3.63, 3.8) is 0 Å². The molecule has 26 heavy (non-hydrogen) atoms. The molecular formula is C22H38O3S. The topological polar surface area (TPSA) is 46.5 Å². The van der Waals surface area contributed by atoms with E-state index in [2.05, 4.69) is 30.8 Å². The van der Waals surface area contributed by atoms with Gasteiger partial charge in [0.2, 0.25) is 0 Å². The molecule has 2 fully saturated rings. The van der Waals surface area contributed by atoms with Gasteiger partial charge in [-0.3, -0.25) is 4.79 Å². The van der Waals surface area contributed by atoms with Crippen LogP contribution in [0.4, 0.5) is 0 Å². The molecule has 0 saturated carbocycles. The quantitative estimate of drug-likeness (QED) is 0.275. The number of carboxylic acid groups (broad SMARTS) is 1. The van der Waals surface area contributed by atoms with E-state index < -0.39 is 5.97 Å². The normalized spacial score (nSPS) is 27.6. The third-order valence-corrected chi connectivity index (χ3v) is 7.08. The van der Waals surface area contributed by atoms with E-state index >= 15 is 0 Å². The lowest BCUT2D eigenvalue weighted by Gasteiger charge is -2.27. The number of carboxylic acids is 1. The molecule has 2 aliphatic rings. The molecule has 0 spiro atoms. The molecule has 2 aliphatic heterocycles. The van der Waals surface area contributed by atoms with E-state index in [9.17, 15) is 4.79 Å². The maximum absolute atomic E-state index is 10.5. The summed E-state index contributed by atoms with van der Waals surface area (Å²) in [4.78, 5) is 10.5. The summed E-state index contributed by atoms with van der Waals surface area (Å²) in [6.07, 6.45) is 19.2. The molecule has 3 nitrogen and oxygen atoms in total. The van der Waals surface area contributed by atoms with Crippen LogP contribution in [0.15, 0.2) is 12.2 Å². The second-order valence-corrected chi connectivity index (χ2v) is 9.10. The smallest absolute Gasteiger partial charge is 0.303 e. The lowest BCUT2D eigenvalue weighted by Crippen LogP contribution is -2.28. The van der Waals surface area contributed by atoms with Gasteiger partial charge in [0.25, 0.3) is 0 Å². The Morgan fingerprint density at radius 3 is 2.54 bits per heavy atom. The predicted octanol–water partition coefficient (Wildman–Crippen LogP) is 6.07. The SMILES string of the molecule is CCCCCCCCSC[C@H]1[C@@H](CC=CCCCC(=O)O)[C@H]2CC[C@@H]1O2. The van der Waals surface area contributed by atoms with Crippen LogP contribution in [-0.2, 0) is 9.53 Å². The summed E-state index contributed by atoms with van der Waals surface area (Å²) in [5, 5.41) is 8.68. The summed E-state index contributed by atoms with van der Waals surface area (Å²) in [5.74, 6) is 3.28. The Bertz CT molecular complexity index is 424. The van der Waals surface area contributed by atoms with E-state index in [1.807, 2.05) is 0 Å². The second-order valence-electron chi connectivity index (χ2n) is 7.95. The van der Waals surface area contributed by atoms with Gasteiger partial charge in [-0.15, -0.1) is 0 Å². The first-order valence-corrected chi connectivity index (χ1v) is 12.0.